The Morgan fingerprint density at radius 2 is 1.89 bits per heavy atom. The molecule has 2 aromatic carbocycles. The summed E-state index contributed by atoms with van der Waals surface area (Å²) in [6, 6.07) is 16.6. The lowest BCUT2D eigenvalue weighted by atomic mass is 9.98. The molecule has 3 rings (SSSR count). The molecule has 0 spiro atoms. The largest absolute Gasteiger partial charge is 0.497 e. The Morgan fingerprint density at radius 1 is 1.11 bits per heavy atom. The van der Waals surface area contributed by atoms with E-state index in [0.717, 1.165) is 56.5 Å². The number of methoxy groups -OCH3 is 2. The van der Waals surface area contributed by atoms with Gasteiger partial charge in [0.15, 0.2) is 5.96 Å². The molecule has 0 aromatic heterocycles. The first-order valence-corrected chi connectivity index (χ1v) is 10.0. The molecule has 0 amide bonds. The van der Waals surface area contributed by atoms with Crippen LogP contribution in [0.15, 0.2) is 53.5 Å². The van der Waals surface area contributed by atoms with Crippen molar-refractivity contribution in [2.24, 2.45) is 4.99 Å². The first-order valence-electron chi connectivity index (χ1n) is 10.0. The number of para-hydroxylation sites is 1. The molecule has 1 atom stereocenters. The number of benzene rings is 2. The van der Waals surface area contributed by atoms with Crippen LogP contribution >= 0.6 is 0 Å². The molecule has 2 aromatic rings. The summed E-state index contributed by atoms with van der Waals surface area (Å²) in [5, 5.41) is 3.45. The second-order valence-corrected chi connectivity index (χ2v) is 7.00. The Labute approximate surface area is 168 Å². The van der Waals surface area contributed by atoms with Crippen molar-refractivity contribution in [1.82, 2.24) is 10.2 Å². The van der Waals surface area contributed by atoms with E-state index in [-0.39, 0.29) is 0 Å². The van der Waals surface area contributed by atoms with Gasteiger partial charge in [0.1, 0.15) is 11.5 Å². The number of rotatable bonds is 7. The average molecular weight is 382 g/mol. The third-order valence-corrected chi connectivity index (χ3v) is 5.25. The summed E-state index contributed by atoms with van der Waals surface area (Å²) in [4.78, 5) is 7.25. The van der Waals surface area contributed by atoms with Gasteiger partial charge in [-0.25, -0.2) is 0 Å². The van der Waals surface area contributed by atoms with Crippen LogP contribution in [-0.4, -0.2) is 51.3 Å². The van der Waals surface area contributed by atoms with Gasteiger partial charge in [-0.2, -0.15) is 0 Å². The van der Waals surface area contributed by atoms with Gasteiger partial charge in [-0.05, 0) is 49.1 Å². The van der Waals surface area contributed by atoms with Gasteiger partial charge in [0.25, 0.3) is 0 Å². The van der Waals surface area contributed by atoms with Crippen molar-refractivity contribution in [2.45, 2.75) is 25.7 Å². The van der Waals surface area contributed by atoms with Gasteiger partial charge < -0.3 is 19.7 Å². The standard InChI is InChI=1S/C23H31N3O2/c1-4-24-23(25-15-13-19-7-5-6-8-22(19)28-3)26-16-14-20(17-26)18-9-11-21(27-2)12-10-18/h5-12,20H,4,13-17H2,1-3H3,(H,24,25). The van der Waals surface area contributed by atoms with E-state index in [1.54, 1.807) is 14.2 Å². The van der Waals surface area contributed by atoms with Crippen molar-refractivity contribution in [1.29, 1.82) is 0 Å². The Bertz CT molecular complexity index is 774. The molecule has 5 heteroatoms. The molecule has 0 aliphatic carbocycles. The zero-order chi connectivity index (χ0) is 19.8. The van der Waals surface area contributed by atoms with Crippen molar-refractivity contribution in [3.63, 3.8) is 0 Å². The van der Waals surface area contributed by atoms with Gasteiger partial charge in [0, 0.05) is 32.1 Å². The molecule has 0 saturated carbocycles. The fraction of sp³-hybridized carbons (Fsp3) is 0.435. The molecule has 1 fully saturated rings. The number of guanidine groups is 1. The average Bonchev–Trinajstić information content (AvgIpc) is 3.23. The van der Waals surface area contributed by atoms with Crippen molar-refractivity contribution < 1.29 is 9.47 Å². The maximum Gasteiger partial charge on any atom is 0.193 e. The Morgan fingerprint density at radius 3 is 2.61 bits per heavy atom. The summed E-state index contributed by atoms with van der Waals surface area (Å²) >= 11 is 0. The molecule has 1 heterocycles. The van der Waals surface area contributed by atoms with E-state index in [4.69, 9.17) is 14.5 Å². The number of ether oxygens (including phenoxy) is 2. The number of hydrogen-bond acceptors (Lipinski definition) is 3. The molecule has 1 N–H and O–H groups in total. The van der Waals surface area contributed by atoms with Gasteiger partial charge in [-0.1, -0.05) is 30.3 Å². The number of likely N-dealkylation sites (tertiary alicyclic amines) is 1. The molecular formula is C23H31N3O2. The first-order chi connectivity index (χ1) is 13.7. The van der Waals surface area contributed by atoms with Crippen molar-refractivity contribution >= 4 is 5.96 Å². The zero-order valence-electron chi connectivity index (χ0n) is 17.1. The van der Waals surface area contributed by atoms with Gasteiger partial charge in [-0.3, -0.25) is 4.99 Å². The third kappa shape index (κ3) is 4.97. The zero-order valence-corrected chi connectivity index (χ0v) is 17.1. The number of hydrogen-bond donors (Lipinski definition) is 1. The summed E-state index contributed by atoms with van der Waals surface area (Å²) in [5.74, 6) is 3.38. The highest BCUT2D eigenvalue weighted by molar-refractivity contribution is 5.80. The summed E-state index contributed by atoms with van der Waals surface area (Å²) in [6.07, 6.45) is 2.01. The molecule has 1 unspecified atom stereocenters. The predicted octanol–water partition coefficient (Wildman–Crippen LogP) is 3.70. The molecule has 1 aliphatic heterocycles. The van der Waals surface area contributed by atoms with Crippen LogP contribution in [0.25, 0.3) is 0 Å². The second kappa shape index (κ2) is 10.0. The highest BCUT2D eigenvalue weighted by Crippen LogP contribution is 2.28. The molecule has 0 radical (unpaired) electrons. The molecule has 0 bridgehead atoms. The SMILES string of the molecule is CCNC(=NCCc1ccccc1OC)N1CCC(c2ccc(OC)cc2)C1. The van der Waals surface area contributed by atoms with Gasteiger partial charge in [-0.15, -0.1) is 0 Å². The molecular weight excluding hydrogens is 350 g/mol. The summed E-state index contributed by atoms with van der Waals surface area (Å²) in [7, 11) is 3.42. The maximum atomic E-state index is 5.45. The Kier molecular flexibility index (Phi) is 7.18. The quantitative estimate of drug-likeness (QED) is 0.587. The number of aliphatic imine (C=N–C) groups is 1. The monoisotopic (exact) mass is 381 g/mol. The van der Waals surface area contributed by atoms with Crippen LogP contribution in [-0.2, 0) is 6.42 Å². The van der Waals surface area contributed by atoms with E-state index in [1.807, 2.05) is 30.3 Å². The third-order valence-electron chi connectivity index (χ3n) is 5.25. The second-order valence-electron chi connectivity index (χ2n) is 7.00. The molecule has 28 heavy (non-hydrogen) atoms. The van der Waals surface area contributed by atoms with Crippen LogP contribution < -0.4 is 14.8 Å². The highest BCUT2D eigenvalue weighted by Gasteiger charge is 2.26. The van der Waals surface area contributed by atoms with Gasteiger partial charge >= 0.3 is 0 Å². The van der Waals surface area contributed by atoms with Crippen molar-refractivity contribution in [2.75, 3.05) is 40.4 Å². The summed E-state index contributed by atoms with van der Waals surface area (Å²) in [6.45, 7) is 5.75. The fourth-order valence-electron chi connectivity index (χ4n) is 3.72. The smallest absolute Gasteiger partial charge is 0.193 e. The fourth-order valence-corrected chi connectivity index (χ4v) is 3.72. The minimum atomic E-state index is 0.531. The highest BCUT2D eigenvalue weighted by atomic mass is 16.5. The van der Waals surface area contributed by atoms with Crippen LogP contribution in [0.2, 0.25) is 0 Å². The Balaban J connectivity index is 1.62. The first kappa shape index (κ1) is 20.1. The van der Waals surface area contributed by atoms with E-state index in [9.17, 15) is 0 Å². The van der Waals surface area contributed by atoms with Crippen LogP contribution in [0.3, 0.4) is 0 Å². The van der Waals surface area contributed by atoms with E-state index < -0.39 is 0 Å². The molecule has 1 aliphatic rings. The molecule has 5 nitrogen and oxygen atoms in total. The van der Waals surface area contributed by atoms with Gasteiger partial charge in [0.2, 0.25) is 0 Å². The lowest BCUT2D eigenvalue weighted by Crippen LogP contribution is -2.40. The van der Waals surface area contributed by atoms with E-state index in [1.165, 1.54) is 11.1 Å². The van der Waals surface area contributed by atoms with E-state index in [2.05, 4.69) is 35.3 Å². The lowest BCUT2D eigenvalue weighted by Gasteiger charge is -2.22. The van der Waals surface area contributed by atoms with Crippen molar-refractivity contribution in [3.05, 3.63) is 59.7 Å². The minimum absolute atomic E-state index is 0.531. The minimum Gasteiger partial charge on any atom is -0.497 e. The predicted molar refractivity (Wildman–Crippen MR) is 115 cm³/mol. The molecule has 1 saturated heterocycles. The summed E-state index contributed by atoms with van der Waals surface area (Å²) < 4.78 is 10.7. The maximum absolute atomic E-state index is 5.45. The van der Waals surface area contributed by atoms with Crippen molar-refractivity contribution in [3.8, 4) is 11.5 Å². The summed E-state index contributed by atoms with van der Waals surface area (Å²) in [5.41, 5.74) is 2.57. The topological polar surface area (TPSA) is 46.1 Å². The van der Waals surface area contributed by atoms with Crippen LogP contribution in [0.1, 0.15) is 30.4 Å². The number of nitrogens with zero attached hydrogens (tertiary/aromatic N) is 2. The van der Waals surface area contributed by atoms with E-state index in [0.29, 0.717) is 5.92 Å². The van der Waals surface area contributed by atoms with Gasteiger partial charge in [0.05, 0.1) is 14.2 Å². The van der Waals surface area contributed by atoms with Crippen LogP contribution in [0, 0.1) is 0 Å². The van der Waals surface area contributed by atoms with Crippen LogP contribution in [0.5, 0.6) is 11.5 Å². The number of nitrogens with one attached hydrogen (secondary N) is 1. The Hall–Kier alpha value is -2.69. The van der Waals surface area contributed by atoms with Crippen LogP contribution in [0.4, 0.5) is 0 Å². The molecule has 150 valence electrons. The van der Waals surface area contributed by atoms with E-state index >= 15 is 0 Å². The normalized spacial score (nSPS) is 16.9. The lowest BCUT2D eigenvalue weighted by molar-refractivity contribution is 0.409.